The van der Waals surface area contributed by atoms with Crippen LogP contribution in [0.5, 0.6) is 0 Å². The van der Waals surface area contributed by atoms with Gasteiger partial charge in [-0.25, -0.2) is 13.2 Å². The summed E-state index contributed by atoms with van der Waals surface area (Å²) in [5.41, 5.74) is 1.20. The van der Waals surface area contributed by atoms with Crippen LogP contribution in [0.3, 0.4) is 0 Å². The van der Waals surface area contributed by atoms with E-state index < -0.39 is 23.6 Å². The normalized spacial score (nSPS) is 21.0. The van der Waals surface area contributed by atoms with Crippen LogP contribution in [0, 0.1) is 28.8 Å². The van der Waals surface area contributed by atoms with Gasteiger partial charge in [0.25, 0.3) is 0 Å². The SMILES string of the molecule is N#Cc1ccc(F)c(CN2C[C@H](O)C[C@@H]2c2ccc(F)c(F)c2)c1. The van der Waals surface area contributed by atoms with Crippen LogP contribution in [0.2, 0.25) is 0 Å². The lowest BCUT2D eigenvalue weighted by molar-refractivity contribution is 0.172. The Bertz CT molecular complexity index is 803. The van der Waals surface area contributed by atoms with Crippen molar-refractivity contribution in [3.8, 4) is 6.07 Å². The molecular formula is C18H15F3N2O. The van der Waals surface area contributed by atoms with Crippen LogP contribution in [0.15, 0.2) is 36.4 Å². The molecule has 0 aliphatic carbocycles. The third kappa shape index (κ3) is 3.28. The van der Waals surface area contributed by atoms with E-state index in [1.54, 1.807) is 4.90 Å². The van der Waals surface area contributed by atoms with Crippen LogP contribution in [-0.4, -0.2) is 22.7 Å². The fraction of sp³-hybridized carbons (Fsp3) is 0.278. The molecule has 1 N–H and O–H groups in total. The van der Waals surface area contributed by atoms with Gasteiger partial charge in [-0.05, 0) is 42.3 Å². The highest BCUT2D eigenvalue weighted by Gasteiger charge is 2.32. The Kier molecular flexibility index (Phi) is 4.56. The molecule has 1 aliphatic rings. The van der Waals surface area contributed by atoms with Gasteiger partial charge in [0.2, 0.25) is 0 Å². The van der Waals surface area contributed by atoms with Gasteiger partial charge >= 0.3 is 0 Å². The maximum absolute atomic E-state index is 14.0. The summed E-state index contributed by atoms with van der Waals surface area (Å²) in [6.45, 7) is 0.460. The molecule has 3 rings (SSSR count). The second kappa shape index (κ2) is 6.63. The van der Waals surface area contributed by atoms with Crippen LogP contribution in [0.4, 0.5) is 13.2 Å². The number of nitrogens with zero attached hydrogens (tertiary/aromatic N) is 2. The summed E-state index contributed by atoms with van der Waals surface area (Å²) in [5, 5.41) is 18.9. The largest absolute Gasteiger partial charge is 0.392 e. The van der Waals surface area contributed by atoms with E-state index in [0.717, 1.165) is 12.1 Å². The van der Waals surface area contributed by atoms with Crippen LogP contribution in [-0.2, 0) is 6.54 Å². The van der Waals surface area contributed by atoms with E-state index in [2.05, 4.69) is 0 Å². The molecule has 24 heavy (non-hydrogen) atoms. The van der Waals surface area contributed by atoms with E-state index >= 15 is 0 Å². The Morgan fingerprint density at radius 3 is 2.54 bits per heavy atom. The van der Waals surface area contributed by atoms with Crippen molar-refractivity contribution in [3.05, 3.63) is 70.5 Å². The minimum atomic E-state index is -0.952. The zero-order chi connectivity index (χ0) is 17.3. The minimum Gasteiger partial charge on any atom is -0.392 e. The lowest BCUT2D eigenvalue weighted by Crippen LogP contribution is -2.25. The molecule has 0 amide bonds. The Morgan fingerprint density at radius 2 is 1.83 bits per heavy atom. The minimum absolute atomic E-state index is 0.169. The van der Waals surface area contributed by atoms with Crippen molar-refractivity contribution in [1.82, 2.24) is 4.90 Å². The van der Waals surface area contributed by atoms with Gasteiger partial charge in [0, 0.05) is 24.7 Å². The molecule has 0 saturated carbocycles. The van der Waals surface area contributed by atoms with E-state index in [9.17, 15) is 18.3 Å². The molecule has 3 nitrogen and oxygen atoms in total. The number of aliphatic hydroxyl groups excluding tert-OH is 1. The maximum Gasteiger partial charge on any atom is 0.159 e. The third-order valence-corrected chi connectivity index (χ3v) is 4.26. The average Bonchev–Trinajstić information content (AvgIpc) is 2.92. The molecule has 124 valence electrons. The molecule has 2 aromatic carbocycles. The first-order chi connectivity index (χ1) is 11.5. The van der Waals surface area contributed by atoms with E-state index in [-0.39, 0.29) is 12.6 Å². The number of nitriles is 1. The molecule has 0 radical (unpaired) electrons. The van der Waals surface area contributed by atoms with E-state index in [1.807, 2.05) is 6.07 Å². The van der Waals surface area contributed by atoms with Crippen molar-refractivity contribution < 1.29 is 18.3 Å². The molecule has 1 aliphatic heterocycles. The van der Waals surface area contributed by atoms with Gasteiger partial charge in [-0.1, -0.05) is 6.07 Å². The van der Waals surface area contributed by atoms with Crippen LogP contribution in [0.1, 0.15) is 29.2 Å². The van der Waals surface area contributed by atoms with Crippen LogP contribution >= 0.6 is 0 Å². The van der Waals surface area contributed by atoms with Crippen molar-refractivity contribution in [3.63, 3.8) is 0 Å². The second-order valence-electron chi connectivity index (χ2n) is 5.93. The van der Waals surface area contributed by atoms with Gasteiger partial charge in [-0.3, -0.25) is 4.90 Å². The zero-order valence-corrected chi connectivity index (χ0v) is 12.7. The fourth-order valence-corrected chi connectivity index (χ4v) is 3.10. The van der Waals surface area contributed by atoms with Gasteiger partial charge in [-0.2, -0.15) is 5.26 Å². The van der Waals surface area contributed by atoms with Crippen molar-refractivity contribution in [1.29, 1.82) is 5.26 Å². The lowest BCUT2D eigenvalue weighted by atomic mass is 10.0. The summed E-state index contributed by atoms with van der Waals surface area (Å²) in [7, 11) is 0. The Morgan fingerprint density at radius 1 is 1.08 bits per heavy atom. The number of hydrogen-bond acceptors (Lipinski definition) is 3. The van der Waals surface area contributed by atoms with Gasteiger partial charge in [0.1, 0.15) is 5.82 Å². The Labute approximate surface area is 137 Å². The number of likely N-dealkylation sites (tertiary alicyclic amines) is 1. The Balaban J connectivity index is 1.88. The van der Waals surface area contributed by atoms with Crippen molar-refractivity contribution in [2.75, 3.05) is 6.54 Å². The quantitative estimate of drug-likeness (QED) is 0.938. The van der Waals surface area contributed by atoms with Crippen molar-refractivity contribution in [2.45, 2.75) is 25.1 Å². The summed E-state index contributed by atoms with van der Waals surface area (Å²) >= 11 is 0. The summed E-state index contributed by atoms with van der Waals surface area (Å²) < 4.78 is 40.6. The first-order valence-corrected chi connectivity index (χ1v) is 7.53. The van der Waals surface area contributed by atoms with E-state index in [1.165, 1.54) is 24.3 Å². The molecule has 6 heteroatoms. The molecule has 2 aromatic rings. The number of halogens is 3. The standard InChI is InChI=1S/C18H15F3N2O/c19-15-3-1-11(8-22)5-13(15)9-23-10-14(24)7-18(23)12-2-4-16(20)17(21)6-12/h1-6,14,18,24H,7,9-10H2/t14-,18-/m1/s1. The number of aliphatic hydroxyl groups is 1. The number of hydrogen-bond donors (Lipinski definition) is 1. The fourth-order valence-electron chi connectivity index (χ4n) is 3.10. The van der Waals surface area contributed by atoms with Gasteiger partial charge in [0.05, 0.1) is 17.7 Å². The molecular weight excluding hydrogens is 317 g/mol. The Hall–Kier alpha value is -2.36. The lowest BCUT2D eigenvalue weighted by Gasteiger charge is -2.25. The molecule has 1 fully saturated rings. The zero-order valence-electron chi connectivity index (χ0n) is 12.7. The summed E-state index contributed by atoms with van der Waals surface area (Å²) in [6.07, 6.45) is -0.282. The smallest absolute Gasteiger partial charge is 0.159 e. The third-order valence-electron chi connectivity index (χ3n) is 4.26. The highest BCUT2D eigenvalue weighted by atomic mass is 19.2. The highest BCUT2D eigenvalue weighted by Crippen LogP contribution is 2.34. The first kappa shape index (κ1) is 16.5. The molecule has 0 bridgehead atoms. The van der Waals surface area contributed by atoms with Gasteiger partial charge < -0.3 is 5.11 Å². The molecule has 0 unspecified atom stereocenters. The number of benzene rings is 2. The first-order valence-electron chi connectivity index (χ1n) is 7.53. The summed E-state index contributed by atoms with van der Waals surface area (Å²) in [6, 6.07) is 9.31. The molecule has 1 saturated heterocycles. The number of rotatable bonds is 3. The average molecular weight is 332 g/mol. The predicted molar refractivity (Wildman–Crippen MR) is 81.2 cm³/mol. The summed E-state index contributed by atoms with van der Waals surface area (Å²) in [5.74, 6) is -2.33. The molecule has 0 spiro atoms. The molecule has 0 aromatic heterocycles. The van der Waals surface area contributed by atoms with Crippen molar-refractivity contribution >= 4 is 0 Å². The number of β-amino-alcohol motifs (C(OH)–C–C–N with tert-alkyl or cyclic N) is 1. The van der Waals surface area contributed by atoms with Gasteiger partial charge in [-0.15, -0.1) is 0 Å². The highest BCUT2D eigenvalue weighted by molar-refractivity contribution is 5.34. The van der Waals surface area contributed by atoms with Crippen LogP contribution < -0.4 is 0 Å². The van der Waals surface area contributed by atoms with E-state index in [4.69, 9.17) is 5.26 Å². The maximum atomic E-state index is 14.0. The van der Waals surface area contributed by atoms with E-state index in [0.29, 0.717) is 29.7 Å². The molecule has 1 heterocycles. The predicted octanol–water partition coefficient (Wildman–Crippen LogP) is 3.28. The topological polar surface area (TPSA) is 47.3 Å². The molecule has 2 atom stereocenters. The van der Waals surface area contributed by atoms with Crippen molar-refractivity contribution in [2.24, 2.45) is 0 Å². The second-order valence-corrected chi connectivity index (χ2v) is 5.93. The van der Waals surface area contributed by atoms with Gasteiger partial charge in [0.15, 0.2) is 11.6 Å². The monoisotopic (exact) mass is 332 g/mol. The van der Waals surface area contributed by atoms with Crippen LogP contribution in [0.25, 0.3) is 0 Å². The summed E-state index contributed by atoms with van der Waals surface area (Å²) in [4.78, 5) is 1.80.